The summed E-state index contributed by atoms with van der Waals surface area (Å²) < 4.78 is 24.8. The number of anilines is 2. The number of nitrogens with zero attached hydrogens (tertiary/aromatic N) is 4. The number of oxime groups is 1. The summed E-state index contributed by atoms with van der Waals surface area (Å²) in [4.78, 5) is 16.9. The Balaban J connectivity index is 1.24. The highest BCUT2D eigenvalue weighted by molar-refractivity contribution is 5.99. The van der Waals surface area contributed by atoms with Crippen LogP contribution in [0.3, 0.4) is 0 Å². The highest BCUT2D eigenvalue weighted by Crippen LogP contribution is 2.35. The molecule has 208 valence electrons. The van der Waals surface area contributed by atoms with Crippen LogP contribution < -0.4 is 14.8 Å². The highest BCUT2D eigenvalue weighted by atomic mass is 19.1. The molecule has 40 heavy (non-hydrogen) atoms. The summed E-state index contributed by atoms with van der Waals surface area (Å²) in [7, 11) is 1.64. The number of rotatable bonds is 12. The first kappa shape index (κ1) is 27.3. The number of ether oxygens (including phenoxy) is 2. The van der Waals surface area contributed by atoms with Crippen molar-refractivity contribution in [3.8, 4) is 11.5 Å². The summed E-state index contributed by atoms with van der Waals surface area (Å²) in [5, 5.41) is 8.44. The van der Waals surface area contributed by atoms with Crippen molar-refractivity contribution in [3.63, 3.8) is 0 Å². The molecule has 1 fully saturated rings. The van der Waals surface area contributed by atoms with Gasteiger partial charge in [0.1, 0.15) is 24.6 Å². The Morgan fingerprint density at radius 3 is 2.52 bits per heavy atom. The molecule has 5 rings (SSSR count). The summed E-state index contributed by atoms with van der Waals surface area (Å²) in [6, 6.07) is 17.8. The zero-order valence-electron chi connectivity index (χ0n) is 22.9. The Hall–Kier alpha value is -4.24. The van der Waals surface area contributed by atoms with Crippen LogP contribution in [-0.2, 0) is 11.4 Å². The molecule has 0 saturated carbocycles. The Morgan fingerprint density at radius 1 is 1.00 bits per heavy atom. The van der Waals surface area contributed by atoms with Crippen molar-refractivity contribution in [2.75, 3.05) is 38.7 Å². The number of aromatic nitrogens is 2. The normalized spacial score (nSPS) is 13.9. The minimum Gasteiger partial charge on any atom is -0.493 e. The third-order valence-electron chi connectivity index (χ3n) is 6.91. The lowest BCUT2D eigenvalue weighted by Gasteiger charge is -2.16. The van der Waals surface area contributed by atoms with Crippen molar-refractivity contribution in [1.82, 2.24) is 14.9 Å². The van der Waals surface area contributed by atoms with Crippen molar-refractivity contribution in [3.05, 3.63) is 83.9 Å². The Kier molecular flexibility index (Phi) is 9.03. The Bertz CT molecular complexity index is 1440. The molecule has 2 heterocycles. The smallest absolute Gasteiger partial charge is 0.162 e. The van der Waals surface area contributed by atoms with Gasteiger partial charge in [-0.05, 0) is 80.7 Å². The number of hydrogen-bond acceptors (Lipinski definition) is 8. The molecule has 9 heteroatoms. The first-order chi connectivity index (χ1) is 19.6. The molecule has 0 spiro atoms. The predicted octanol–water partition coefficient (Wildman–Crippen LogP) is 6.33. The lowest BCUT2D eigenvalue weighted by atomic mass is 10.1. The fourth-order valence-electron chi connectivity index (χ4n) is 4.68. The molecule has 1 saturated heterocycles. The van der Waals surface area contributed by atoms with Crippen LogP contribution in [-0.4, -0.2) is 53.9 Å². The van der Waals surface area contributed by atoms with Crippen molar-refractivity contribution < 1.29 is 18.7 Å². The summed E-state index contributed by atoms with van der Waals surface area (Å²) in [5.41, 5.74) is 4.14. The topological polar surface area (TPSA) is 81.1 Å². The molecule has 0 amide bonds. The number of methoxy groups -OCH3 is 1. The van der Waals surface area contributed by atoms with Crippen LogP contribution in [0.25, 0.3) is 10.9 Å². The summed E-state index contributed by atoms with van der Waals surface area (Å²) >= 11 is 0. The van der Waals surface area contributed by atoms with Gasteiger partial charge in [-0.3, -0.25) is 0 Å². The highest BCUT2D eigenvalue weighted by Gasteiger charge is 2.14. The van der Waals surface area contributed by atoms with E-state index in [4.69, 9.17) is 14.3 Å². The predicted molar refractivity (Wildman–Crippen MR) is 155 cm³/mol. The average molecular weight is 544 g/mol. The first-order valence-corrected chi connectivity index (χ1v) is 13.6. The second-order valence-electron chi connectivity index (χ2n) is 9.77. The van der Waals surface area contributed by atoms with E-state index in [0.717, 1.165) is 46.4 Å². The molecule has 3 aromatic carbocycles. The largest absolute Gasteiger partial charge is 0.493 e. The second kappa shape index (κ2) is 13.2. The summed E-state index contributed by atoms with van der Waals surface area (Å²) in [6.07, 6.45) is 5.07. The number of likely N-dealkylation sites (tertiary alicyclic amines) is 1. The molecule has 1 N–H and O–H groups in total. The maximum atomic E-state index is 13.1. The lowest BCUT2D eigenvalue weighted by molar-refractivity contribution is 0.130. The molecule has 0 unspecified atom stereocenters. The quantitative estimate of drug-likeness (QED) is 0.127. The van der Waals surface area contributed by atoms with Crippen LogP contribution in [0.4, 0.5) is 15.9 Å². The van der Waals surface area contributed by atoms with E-state index < -0.39 is 0 Å². The summed E-state index contributed by atoms with van der Waals surface area (Å²) in [5.74, 6) is 1.73. The van der Waals surface area contributed by atoms with Gasteiger partial charge in [-0.1, -0.05) is 29.4 Å². The van der Waals surface area contributed by atoms with E-state index in [-0.39, 0.29) is 12.4 Å². The van der Waals surface area contributed by atoms with E-state index in [0.29, 0.717) is 23.9 Å². The minimum atomic E-state index is -0.274. The fraction of sp³-hybridized carbons (Fsp3) is 0.323. The molecule has 1 aromatic heterocycles. The van der Waals surface area contributed by atoms with Crippen molar-refractivity contribution in [1.29, 1.82) is 0 Å². The third kappa shape index (κ3) is 7.04. The minimum absolute atomic E-state index is 0.271. The molecule has 8 nitrogen and oxygen atoms in total. The Morgan fingerprint density at radius 2 is 1.77 bits per heavy atom. The van der Waals surface area contributed by atoms with Gasteiger partial charge < -0.3 is 24.5 Å². The molecular formula is C31H34FN5O3. The molecule has 4 aromatic rings. The first-order valence-electron chi connectivity index (χ1n) is 13.6. The maximum absolute atomic E-state index is 13.1. The van der Waals surface area contributed by atoms with E-state index in [1.165, 1.54) is 44.4 Å². The third-order valence-corrected chi connectivity index (χ3v) is 6.91. The van der Waals surface area contributed by atoms with E-state index in [2.05, 4.69) is 25.3 Å². The van der Waals surface area contributed by atoms with E-state index in [1.807, 2.05) is 43.3 Å². The lowest BCUT2D eigenvalue weighted by Crippen LogP contribution is -2.21. The molecule has 0 radical (unpaired) electrons. The maximum Gasteiger partial charge on any atom is 0.162 e. The van der Waals surface area contributed by atoms with Crippen molar-refractivity contribution in [2.45, 2.75) is 32.8 Å². The van der Waals surface area contributed by atoms with Crippen molar-refractivity contribution in [2.24, 2.45) is 5.16 Å². The van der Waals surface area contributed by atoms with Crippen LogP contribution >= 0.6 is 0 Å². The van der Waals surface area contributed by atoms with Crippen LogP contribution in [0.1, 0.15) is 37.3 Å². The number of nitrogens with one attached hydrogen (secondary N) is 1. The molecule has 1 aliphatic rings. The van der Waals surface area contributed by atoms with Gasteiger partial charge in [0.15, 0.2) is 11.5 Å². The number of halogens is 1. The Labute approximate surface area is 233 Å². The molecule has 1 aliphatic heterocycles. The molecule has 0 bridgehead atoms. The zero-order valence-corrected chi connectivity index (χ0v) is 22.9. The molecular weight excluding hydrogens is 509 g/mol. The molecule has 0 aliphatic carbocycles. The second-order valence-corrected chi connectivity index (χ2v) is 9.77. The van der Waals surface area contributed by atoms with Gasteiger partial charge in [-0.2, -0.15) is 0 Å². The number of fused-ring (bicyclic) bond motifs is 1. The average Bonchev–Trinajstić information content (AvgIpc) is 3.50. The van der Waals surface area contributed by atoms with Gasteiger partial charge in [0.05, 0.1) is 24.9 Å². The van der Waals surface area contributed by atoms with Gasteiger partial charge in [0, 0.05) is 23.7 Å². The SMILES string of the molecule is COc1cc2ncnc(Nc3ccc(C(C)=NOCc4ccc(F)cc4)cc3)c2cc1OCCCN1CCCC1. The van der Waals surface area contributed by atoms with Crippen molar-refractivity contribution >= 4 is 28.1 Å². The molecule has 0 atom stereocenters. The van der Waals surface area contributed by atoms with Gasteiger partial charge in [0.2, 0.25) is 0 Å². The van der Waals surface area contributed by atoms with Crippen LogP contribution in [0, 0.1) is 5.82 Å². The van der Waals surface area contributed by atoms with Crippen LogP contribution in [0.2, 0.25) is 0 Å². The van der Waals surface area contributed by atoms with Crippen LogP contribution in [0.15, 0.2) is 72.1 Å². The van der Waals surface area contributed by atoms with Gasteiger partial charge in [0.25, 0.3) is 0 Å². The summed E-state index contributed by atoms with van der Waals surface area (Å²) in [6.45, 7) is 6.18. The fourth-order valence-corrected chi connectivity index (χ4v) is 4.68. The van der Waals surface area contributed by atoms with Gasteiger partial charge >= 0.3 is 0 Å². The van der Waals surface area contributed by atoms with Gasteiger partial charge in [-0.25, -0.2) is 14.4 Å². The van der Waals surface area contributed by atoms with E-state index in [1.54, 1.807) is 19.2 Å². The number of hydrogen-bond donors (Lipinski definition) is 1. The van der Waals surface area contributed by atoms with E-state index in [9.17, 15) is 4.39 Å². The van der Waals surface area contributed by atoms with Gasteiger partial charge in [-0.15, -0.1) is 0 Å². The van der Waals surface area contributed by atoms with Crippen LogP contribution in [0.5, 0.6) is 11.5 Å². The number of benzene rings is 3. The van der Waals surface area contributed by atoms with E-state index >= 15 is 0 Å². The standard InChI is InChI=1S/C31H34FN5O3/c1-22(36-40-20-23-6-10-25(32)11-7-23)24-8-12-26(13-9-24)35-31-27-18-30(29(38-2)19-28(27)33-21-34-31)39-17-5-16-37-14-3-4-15-37/h6-13,18-19,21H,3-5,14-17,20H2,1-2H3,(H,33,34,35). The monoisotopic (exact) mass is 543 g/mol. The zero-order chi connectivity index (χ0) is 27.7.